The van der Waals surface area contributed by atoms with E-state index in [9.17, 15) is 0 Å². The Morgan fingerprint density at radius 3 is 1.68 bits per heavy atom. The Morgan fingerprint density at radius 2 is 1.37 bits per heavy atom. The van der Waals surface area contributed by atoms with Gasteiger partial charge in [0.15, 0.2) is 0 Å². The van der Waals surface area contributed by atoms with Crippen LogP contribution in [0.3, 0.4) is 0 Å². The lowest BCUT2D eigenvalue weighted by atomic mass is 10.1. The molecule has 2 aliphatic rings. The molecule has 4 unspecified atom stereocenters. The Hall–Kier alpha value is -0.640. The maximum Gasteiger partial charge on any atom is 0.111 e. The van der Waals surface area contributed by atoms with E-state index in [1.165, 1.54) is 12.8 Å². The molecule has 0 saturated carbocycles. The average Bonchev–Trinajstić information content (AvgIpc) is 3.29. The molecule has 2 saturated heterocycles. The highest BCUT2D eigenvalue weighted by Crippen LogP contribution is 2.25. The van der Waals surface area contributed by atoms with Crippen LogP contribution >= 0.6 is 0 Å². The zero-order chi connectivity index (χ0) is 13.5. The third-order valence-corrected chi connectivity index (χ3v) is 3.33. The number of hydrogen-bond acceptors (Lipinski definition) is 3. The smallest absolute Gasteiger partial charge is 0.111 e. The van der Waals surface area contributed by atoms with Gasteiger partial charge in [0.2, 0.25) is 0 Å². The number of hydrogen-bond donors (Lipinski definition) is 0. The Bertz CT molecular complexity index is 273. The van der Waals surface area contributed by atoms with E-state index in [1.54, 1.807) is 0 Å². The summed E-state index contributed by atoms with van der Waals surface area (Å²) in [5.74, 6) is 0. The Balaban J connectivity index is 1.85. The van der Waals surface area contributed by atoms with Gasteiger partial charge in [0.1, 0.15) is 24.4 Å². The number of allylic oxidation sites excluding steroid dienone is 2. The third kappa shape index (κ3) is 5.47. The molecule has 0 N–H and O–H groups in total. The normalized spacial score (nSPS) is 28.9. The van der Waals surface area contributed by atoms with E-state index in [4.69, 9.17) is 14.2 Å². The predicted molar refractivity (Wildman–Crippen MR) is 76.2 cm³/mol. The standard InChI is InChI=1S/C16H26O3/c1-3-5-7-9-13(15-11-17-15)19-14(16-12-18-16)10-8-6-4-2/h7-10,13-16H,3-6,11-12H2,1-2H3. The average molecular weight is 266 g/mol. The van der Waals surface area contributed by atoms with Crippen LogP contribution < -0.4 is 0 Å². The van der Waals surface area contributed by atoms with E-state index in [-0.39, 0.29) is 24.4 Å². The lowest BCUT2D eigenvalue weighted by Gasteiger charge is -2.18. The highest BCUT2D eigenvalue weighted by atomic mass is 16.6. The molecule has 108 valence electrons. The molecule has 0 bridgehead atoms. The Kier molecular flexibility index (Phi) is 6.08. The predicted octanol–water partition coefficient (Wildman–Crippen LogP) is 3.25. The minimum absolute atomic E-state index is 0.0760. The van der Waals surface area contributed by atoms with E-state index >= 15 is 0 Å². The number of rotatable bonds is 10. The van der Waals surface area contributed by atoms with Crippen molar-refractivity contribution in [3.05, 3.63) is 24.3 Å². The molecule has 0 amide bonds. The largest absolute Gasteiger partial charge is 0.370 e. The maximum atomic E-state index is 6.17. The van der Waals surface area contributed by atoms with E-state index in [2.05, 4.69) is 38.2 Å². The first-order chi connectivity index (χ1) is 9.35. The van der Waals surface area contributed by atoms with E-state index < -0.39 is 0 Å². The van der Waals surface area contributed by atoms with Gasteiger partial charge in [-0.1, -0.05) is 51.0 Å². The van der Waals surface area contributed by atoms with E-state index in [0.717, 1.165) is 26.1 Å². The topological polar surface area (TPSA) is 34.3 Å². The molecule has 0 spiro atoms. The highest BCUT2D eigenvalue weighted by molar-refractivity contribution is 5.03. The zero-order valence-electron chi connectivity index (χ0n) is 12.1. The first-order valence-electron chi connectivity index (χ1n) is 7.57. The van der Waals surface area contributed by atoms with Crippen LogP contribution in [0.15, 0.2) is 24.3 Å². The molecule has 0 aromatic rings. The van der Waals surface area contributed by atoms with Crippen LogP contribution in [-0.2, 0) is 14.2 Å². The van der Waals surface area contributed by atoms with Gasteiger partial charge in [0, 0.05) is 0 Å². The van der Waals surface area contributed by atoms with Crippen molar-refractivity contribution in [2.24, 2.45) is 0 Å². The van der Waals surface area contributed by atoms with Crippen LogP contribution in [0.1, 0.15) is 39.5 Å². The molecule has 0 aromatic heterocycles. The molecule has 2 fully saturated rings. The molecule has 19 heavy (non-hydrogen) atoms. The van der Waals surface area contributed by atoms with Gasteiger partial charge in [-0.05, 0) is 12.8 Å². The molecule has 0 radical (unpaired) electrons. The molecule has 2 rings (SSSR count). The van der Waals surface area contributed by atoms with Crippen molar-refractivity contribution in [2.45, 2.75) is 63.9 Å². The zero-order valence-corrected chi connectivity index (χ0v) is 12.1. The Labute approximate surface area is 116 Å². The number of unbranched alkanes of at least 4 members (excludes halogenated alkanes) is 2. The first kappa shape index (κ1) is 14.8. The van der Waals surface area contributed by atoms with Gasteiger partial charge in [-0.2, -0.15) is 0 Å². The fourth-order valence-corrected chi connectivity index (χ4v) is 1.98. The summed E-state index contributed by atoms with van der Waals surface area (Å²) in [5, 5.41) is 0. The first-order valence-corrected chi connectivity index (χ1v) is 7.57. The van der Waals surface area contributed by atoms with Gasteiger partial charge in [-0.15, -0.1) is 0 Å². The van der Waals surface area contributed by atoms with Crippen LogP contribution in [0.25, 0.3) is 0 Å². The van der Waals surface area contributed by atoms with Crippen molar-refractivity contribution in [3.63, 3.8) is 0 Å². The summed E-state index contributed by atoms with van der Waals surface area (Å²) in [6.07, 6.45) is 13.9. The van der Waals surface area contributed by atoms with Crippen LogP contribution in [0.5, 0.6) is 0 Å². The summed E-state index contributed by atoms with van der Waals surface area (Å²) < 4.78 is 16.9. The number of epoxide rings is 2. The maximum absolute atomic E-state index is 6.17. The fraction of sp³-hybridized carbons (Fsp3) is 0.750. The molecular weight excluding hydrogens is 240 g/mol. The lowest BCUT2D eigenvalue weighted by molar-refractivity contribution is 0.0113. The van der Waals surface area contributed by atoms with Gasteiger partial charge in [-0.25, -0.2) is 0 Å². The third-order valence-electron chi connectivity index (χ3n) is 3.33. The summed E-state index contributed by atoms with van der Waals surface area (Å²) in [7, 11) is 0. The lowest BCUT2D eigenvalue weighted by Crippen LogP contribution is -2.27. The van der Waals surface area contributed by atoms with Gasteiger partial charge in [0.05, 0.1) is 13.2 Å². The highest BCUT2D eigenvalue weighted by Gasteiger charge is 2.38. The van der Waals surface area contributed by atoms with Crippen molar-refractivity contribution in [2.75, 3.05) is 13.2 Å². The van der Waals surface area contributed by atoms with E-state index in [0.29, 0.717) is 0 Å². The van der Waals surface area contributed by atoms with Crippen molar-refractivity contribution in [1.29, 1.82) is 0 Å². The van der Waals surface area contributed by atoms with Gasteiger partial charge in [0.25, 0.3) is 0 Å². The summed E-state index contributed by atoms with van der Waals surface area (Å²) in [6, 6.07) is 0. The summed E-state index contributed by atoms with van der Waals surface area (Å²) >= 11 is 0. The molecule has 2 aliphatic heterocycles. The second-order valence-corrected chi connectivity index (χ2v) is 5.24. The second-order valence-electron chi connectivity index (χ2n) is 5.24. The van der Waals surface area contributed by atoms with Gasteiger partial charge < -0.3 is 14.2 Å². The minimum atomic E-state index is 0.0760. The van der Waals surface area contributed by atoms with Crippen molar-refractivity contribution in [1.82, 2.24) is 0 Å². The summed E-state index contributed by atoms with van der Waals surface area (Å²) in [6.45, 7) is 6.00. The van der Waals surface area contributed by atoms with Crippen LogP contribution in [0.4, 0.5) is 0 Å². The quantitative estimate of drug-likeness (QED) is 0.449. The molecule has 0 aromatic carbocycles. The van der Waals surface area contributed by atoms with E-state index in [1.807, 2.05) is 0 Å². The fourth-order valence-electron chi connectivity index (χ4n) is 1.98. The molecule has 0 aliphatic carbocycles. The SMILES string of the molecule is CCCC=CC(OC(C=CCCC)C1CO1)C1CO1. The molecule has 3 heteroatoms. The summed E-state index contributed by atoms with van der Waals surface area (Å²) in [4.78, 5) is 0. The molecule has 2 heterocycles. The van der Waals surface area contributed by atoms with Crippen molar-refractivity contribution in [3.8, 4) is 0 Å². The second kappa shape index (κ2) is 7.83. The van der Waals surface area contributed by atoms with Crippen LogP contribution in [0.2, 0.25) is 0 Å². The van der Waals surface area contributed by atoms with Crippen LogP contribution in [0, 0.1) is 0 Å². The minimum Gasteiger partial charge on any atom is -0.370 e. The molecule has 3 nitrogen and oxygen atoms in total. The Morgan fingerprint density at radius 1 is 0.947 bits per heavy atom. The van der Waals surface area contributed by atoms with Crippen LogP contribution in [-0.4, -0.2) is 37.6 Å². The summed E-state index contributed by atoms with van der Waals surface area (Å²) in [5.41, 5.74) is 0. The van der Waals surface area contributed by atoms with Gasteiger partial charge >= 0.3 is 0 Å². The van der Waals surface area contributed by atoms with Crippen molar-refractivity contribution >= 4 is 0 Å². The molecular formula is C16H26O3. The monoisotopic (exact) mass is 266 g/mol. The van der Waals surface area contributed by atoms with Gasteiger partial charge in [-0.3, -0.25) is 0 Å². The molecule has 4 atom stereocenters. The van der Waals surface area contributed by atoms with Crippen molar-refractivity contribution < 1.29 is 14.2 Å². The number of ether oxygens (including phenoxy) is 3.